The molecule has 3 fully saturated rings. The summed E-state index contributed by atoms with van der Waals surface area (Å²) in [5.41, 5.74) is -1.51. The molecule has 2 saturated heterocycles. The van der Waals surface area contributed by atoms with Crippen molar-refractivity contribution >= 4 is 17.8 Å². The van der Waals surface area contributed by atoms with Gasteiger partial charge in [0.05, 0.1) is 0 Å². The molecule has 0 radical (unpaired) electrons. The SMILES string of the molecule is C=C(C)C(=O)N1CCC[C@]12CCN(C1(C(=O)O)C[C@@H]1C(C)C)C2=O. The van der Waals surface area contributed by atoms with Crippen LogP contribution in [0, 0.1) is 11.8 Å². The van der Waals surface area contributed by atoms with Crippen LogP contribution in [0.2, 0.25) is 0 Å². The summed E-state index contributed by atoms with van der Waals surface area (Å²) < 4.78 is 0. The van der Waals surface area contributed by atoms with Gasteiger partial charge in [-0.1, -0.05) is 20.4 Å². The Hall–Kier alpha value is -1.85. The van der Waals surface area contributed by atoms with Crippen molar-refractivity contribution in [2.24, 2.45) is 11.8 Å². The largest absolute Gasteiger partial charge is 0.479 e. The number of amides is 2. The molecule has 0 aromatic heterocycles. The standard InChI is InChI=1S/C18H26N2O4/c1-11(2)13-10-18(13,16(23)24)20-9-7-17(15(20)22)6-5-8-19(17)14(21)12(3)4/h11,13H,3,5-10H2,1-2,4H3,(H,23,24)/t13-,17-,18?/m1/s1. The van der Waals surface area contributed by atoms with E-state index in [4.69, 9.17) is 0 Å². The van der Waals surface area contributed by atoms with Gasteiger partial charge in [-0.2, -0.15) is 0 Å². The van der Waals surface area contributed by atoms with Crippen LogP contribution in [-0.4, -0.2) is 56.9 Å². The minimum Gasteiger partial charge on any atom is -0.479 e. The molecule has 1 unspecified atom stereocenters. The molecule has 0 bridgehead atoms. The highest BCUT2D eigenvalue weighted by Crippen LogP contribution is 2.56. The van der Waals surface area contributed by atoms with Crippen LogP contribution in [0.15, 0.2) is 12.2 Å². The second-order valence-corrected chi connectivity index (χ2v) is 7.86. The van der Waals surface area contributed by atoms with Gasteiger partial charge in [-0.3, -0.25) is 9.59 Å². The first-order chi connectivity index (χ1) is 11.2. The first-order valence-electron chi connectivity index (χ1n) is 8.71. The number of aliphatic carboxylic acids is 1. The number of nitrogens with zero attached hydrogens (tertiary/aromatic N) is 2. The zero-order chi connectivity index (χ0) is 17.9. The third-order valence-corrected chi connectivity index (χ3v) is 6.13. The van der Waals surface area contributed by atoms with Gasteiger partial charge in [0.15, 0.2) is 0 Å². The fraction of sp³-hybridized carbons (Fsp3) is 0.722. The highest BCUT2D eigenvalue weighted by atomic mass is 16.4. The summed E-state index contributed by atoms with van der Waals surface area (Å²) in [6, 6.07) is 0. The quantitative estimate of drug-likeness (QED) is 0.793. The molecule has 1 saturated carbocycles. The van der Waals surface area contributed by atoms with E-state index >= 15 is 0 Å². The Labute approximate surface area is 142 Å². The van der Waals surface area contributed by atoms with E-state index in [1.54, 1.807) is 16.7 Å². The smallest absolute Gasteiger partial charge is 0.329 e. The van der Waals surface area contributed by atoms with E-state index < -0.39 is 17.0 Å². The molecule has 3 atom stereocenters. The maximum atomic E-state index is 13.3. The summed E-state index contributed by atoms with van der Waals surface area (Å²) in [5.74, 6) is -1.09. The Balaban J connectivity index is 1.91. The fourth-order valence-electron chi connectivity index (χ4n) is 4.76. The molecule has 2 amide bonds. The van der Waals surface area contributed by atoms with Crippen LogP contribution in [0.5, 0.6) is 0 Å². The van der Waals surface area contributed by atoms with E-state index in [-0.39, 0.29) is 23.7 Å². The lowest BCUT2D eigenvalue weighted by atomic mass is 9.93. The van der Waals surface area contributed by atoms with Gasteiger partial charge in [-0.15, -0.1) is 0 Å². The van der Waals surface area contributed by atoms with Crippen LogP contribution in [0.25, 0.3) is 0 Å². The first kappa shape index (κ1) is 17.0. The molecule has 3 aliphatic rings. The lowest BCUT2D eigenvalue weighted by molar-refractivity contribution is -0.155. The fourth-order valence-corrected chi connectivity index (χ4v) is 4.76. The van der Waals surface area contributed by atoms with Gasteiger partial charge in [0, 0.05) is 18.7 Å². The third-order valence-electron chi connectivity index (χ3n) is 6.13. The van der Waals surface area contributed by atoms with Crippen molar-refractivity contribution < 1.29 is 19.5 Å². The van der Waals surface area contributed by atoms with E-state index in [9.17, 15) is 19.5 Å². The van der Waals surface area contributed by atoms with Crippen molar-refractivity contribution in [2.75, 3.05) is 13.1 Å². The van der Waals surface area contributed by atoms with Crippen LogP contribution in [-0.2, 0) is 14.4 Å². The Bertz CT molecular complexity index is 629. The number of carbonyl (C=O) groups excluding carboxylic acids is 2. The Morgan fingerprint density at radius 3 is 2.46 bits per heavy atom. The number of carboxylic acid groups (broad SMARTS) is 1. The van der Waals surface area contributed by atoms with Crippen molar-refractivity contribution in [1.29, 1.82) is 0 Å². The average Bonchev–Trinajstić information content (AvgIpc) is 3.01. The van der Waals surface area contributed by atoms with Crippen LogP contribution in [0.3, 0.4) is 0 Å². The van der Waals surface area contributed by atoms with Gasteiger partial charge < -0.3 is 14.9 Å². The summed E-state index contributed by atoms with van der Waals surface area (Å²) in [6.07, 6.45) is 2.41. The topological polar surface area (TPSA) is 77.9 Å². The van der Waals surface area contributed by atoms with Gasteiger partial charge in [-0.25, -0.2) is 4.79 Å². The monoisotopic (exact) mass is 334 g/mol. The number of carboxylic acids is 1. The van der Waals surface area contributed by atoms with E-state index in [2.05, 4.69) is 6.58 Å². The maximum absolute atomic E-state index is 13.3. The van der Waals surface area contributed by atoms with Gasteiger partial charge in [0.1, 0.15) is 11.1 Å². The number of likely N-dealkylation sites (tertiary alicyclic amines) is 2. The molecular formula is C18H26N2O4. The average molecular weight is 334 g/mol. The van der Waals surface area contributed by atoms with Gasteiger partial charge in [-0.05, 0) is 44.4 Å². The highest BCUT2D eigenvalue weighted by molar-refractivity contribution is 6.01. The zero-order valence-electron chi connectivity index (χ0n) is 14.7. The number of rotatable bonds is 4. The molecule has 2 aliphatic heterocycles. The van der Waals surface area contributed by atoms with Crippen molar-refractivity contribution in [2.45, 2.75) is 57.5 Å². The second kappa shape index (κ2) is 5.33. The molecule has 0 aromatic rings. The van der Waals surface area contributed by atoms with E-state index in [1.165, 1.54) is 0 Å². The Morgan fingerprint density at radius 2 is 1.96 bits per heavy atom. The second-order valence-electron chi connectivity index (χ2n) is 7.86. The van der Waals surface area contributed by atoms with E-state index in [0.29, 0.717) is 37.9 Å². The summed E-state index contributed by atoms with van der Waals surface area (Å²) in [7, 11) is 0. The molecular weight excluding hydrogens is 308 g/mol. The Morgan fingerprint density at radius 1 is 1.29 bits per heavy atom. The molecule has 6 nitrogen and oxygen atoms in total. The highest BCUT2D eigenvalue weighted by Gasteiger charge is 2.70. The van der Waals surface area contributed by atoms with Crippen LogP contribution in [0.1, 0.15) is 46.5 Å². The van der Waals surface area contributed by atoms with Crippen molar-refractivity contribution in [3.8, 4) is 0 Å². The van der Waals surface area contributed by atoms with Crippen molar-refractivity contribution in [3.63, 3.8) is 0 Å². The molecule has 0 aromatic carbocycles. The van der Waals surface area contributed by atoms with Gasteiger partial charge >= 0.3 is 5.97 Å². The number of hydrogen-bond donors (Lipinski definition) is 1. The minimum atomic E-state index is -1.07. The zero-order valence-corrected chi connectivity index (χ0v) is 14.7. The third kappa shape index (κ3) is 2.04. The lowest BCUT2D eigenvalue weighted by Gasteiger charge is -2.35. The maximum Gasteiger partial charge on any atom is 0.329 e. The lowest BCUT2D eigenvalue weighted by Crippen LogP contribution is -2.56. The summed E-state index contributed by atoms with van der Waals surface area (Å²) in [4.78, 5) is 40.9. The normalized spacial score (nSPS) is 35.2. The molecule has 24 heavy (non-hydrogen) atoms. The van der Waals surface area contributed by atoms with Crippen LogP contribution >= 0.6 is 0 Å². The van der Waals surface area contributed by atoms with E-state index in [1.807, 2.05) is 13.8 Å². The summed E-state index contributed by atoms with van der Waals surface area (Å²) >= 11 is 0. The number of carbonyl (C=O) groups is 3. The van der Waals surface area contributed by atoms with Gasteiger partial charge in [0.25, 0.3) is 0 Å². The Kier molecular flexibility index (Phi) is 3.77. The van der Waals surface area contributed by atoms with Gasteiger partial charge in [0.2, 0.25) is 11.8 Å². The van der Waals surface area contributed by atoms with Crippen LogP contribution < -0.4 is 0 Å². The predicted octanol–water partition coefficient (Wildman–Crippen LogP) is 1.66. The van der Waals surface area contributed by atoms with Crippen molar-refractivity contribution in [3.05, 3.63) is 12.2 Å². The van der Waals surface area contributed by atoms with Crippen molar-refractivity contribution in [1.82, 2.24) is 9.80 Å². The molecule has 3 rings (SSSR count). The predicted molar refractivity (Wildman–Crippen MR) is 88.1 cm³/mol. The minimum absolute atomic E-state index is 0.0132. The molecule has 1 N–H and O–H groups in total. The van der Waals surface area contributed by atoms with Crippen LogP contribution in [0.4, 0.5) is 0 Å². The summed E-state index contributed by atoms with van der Waals surface area (Å²) in [6.45, 7) is 10.3. The van der Waals surface area contributed by atoms with E-state index in [0.717, 1.165) is 6.42 Å². The molecule has 132 valence electrons. The first-order valence-corrected chi connectivity index (χ1v) is 8.71. The number of hydrogen-bond acceptors (Lipinski definition) is 3. The molecule has 2 heterocycles. The molecule has 1 spiro atoms. The molecule has 6 heteroatoms. The molecule has 1 aliphatic carbocycles. The summed E-state index contributed by atoms with van der Waals surface area (Å²) in [5, 5.41) is 9.81.